The average Bonchev–Trinajstić information content (AvgIpc) is 2.32. The molecule has 3 heteroatoms. The third kappa shape index (κ3) is 6.67. The van der Waals surface area contributed by atoms with Crippen molar-refractivity contribution in [2.75, 3.05) is 7.11 Å². The molecule has 0 saturated carbocycles. The summed E-state index contributed by atoms with van der Waals surface area (Å²) >= 11 is 1.95. The van der Waals surface area contributed by atoms with Crippen LogP contribution in [0.3, 0.4) is 0 Å². The van der Waals surface area contributed by atoms with Gasteiger partial charge in [-0.3, -0.25) is 0 Å². The summed E-state index contributed by atoms with van der Waals surface area (Å²) in [6.07, 6.45) is 0. The van der Waals surface area contributed by atoms with Crippen LogP contribution < -0.4 is 10.1 Å². The maximum absolute atomic E-state index is 5.48. The minimum atomic E-state index is 0.139. The second-order valence-electron chi connectivity index (χ2n) is 7.15. The lowest BCUT2D eigenvalue weighted by atomic mass is 10.1. The molecule has 0 unspecified atom stereocenters. The van der Waals surface area contributed by atoms with E-state index in [0.29, 0.717) is 0 Å². The van der Waals surface area contributed by atoms with Gasteiger partial charge in [-0.2, -0.15) is 11.8 Å². The van der Waals surface area contributed by atoms with Crippen LogP contribution in [-0.4, -0.2) is 17.4 Å². The van der Waals surface area contributed by atoms with Gasteiger partial charge in [0.25, 0.3) is 0 Å². The Morgan fingerprint density at radius 2 is 1.75 bits per heavy atom. The summed E-state index contributed by atoms with van der Waals surface area (Å²) < 4.78 is 5.75. The van der Waals surface area contributed by atoms with E-state index in [0.717, 1.165) is 18.0 Å². The molecule has 2 nitrogen and oxygen atoms in total. The second-order valence-corrected chi connectivity index (χ2v) is 8.95. The van der Waals surface area contributed by atoms with Crippen molar-refractivity contribution < 1.29 is 4.74 Å². The second kappa shape index (κ2) is 6.86. The Morgan fingerprint density at radius 1 is 1.10 bits per heavy atom. The van der Waals surface area contributed by atoms with E-state index in [9.17, 15) is 0 Å². The van der Waals surface area contributed by atoms with E-state index in [1.807, 2.05) is 11.8 Å². The van der Waals surface area contributed by atoms with E-state index >= 15 is 0 Å². The molecule has 0 atom stereocenters. The Bertz CT molecular complexity index is 430. The van der Waals surface area contributed by atoms with Crippen molar-refractivity contribution in [2.45, 2.75) is 64.1 Å². The molecule has 0 amide bonds. The van der Waals surface area contributed by atoms with E-state index in [1.54, 1.807) is 7.11 Å². The normalized spacial score (nSPS) is 12.6. The summed E-state index contributed by atoms with van der Waals surface area (Å²) in [5.41, 5.74) is 2.73. The molecule has 0 spiro atoms. The van der Waals surface area contributed by atoms with Crippen LogP contribution in [-0.2, 0) is 12.3 Å². The Morgan fingerprint density at radius 3 is 2.25 bits per heavy atom. The monoisotopic (exact) mass is 295 g/mol. The molecular weight excluding hydrogens is 266 g/mol. The maximum atomic E-state index is 5.48. The first kappa shape index (κ1) is 17.4. The zero-order valence-electron chi connectivity index (χ0n) is 14.0. The standard InChI is InChI=1S/C17H29NOS/c1-16(2,3)18-11-13-8-9-15(19-7)14(10-13)12-20-17(4,5)6/h8-10,18H,11-12H2,1-7H3. The summed E-state index contributed by atoms with van der Waals surface area (Å²) in [5, 5.41) is 3.53. The molecule has 1 aromatic rings. The molecule has 0 heterocycles. The predicted molar refractivity (Wildman–Crippen MR) is 90.6 cm³/mol. The Kier molecular flexibility index (Phi) is 5.96. The van der Waals surface area contributed by atoms with Crippen molar-refractivity contribution >= 4 is 11.8 Å². The number of nitrogens with one attached hydrogen (secondary N) is 1. The predicted octanol–water partition coefficient (Wildman–Crippen LogP) is 4.62. The molecule has 0 aliphatic rings. The Labute approximate surface area is 128 Å². The van der Waals surface area contributed by atoms with Crippen LogP contribution in [0.5, 0.6) is 5.75 Å². The molecule has 0 bridgehead atoms. The third-order valence-corrected chi connectivity index (χ3v) is 4.15. The molecule has 1 N–H and O–H groups in total. The van der Waals surface area contributed by atoms with E-state index < -0.39 is 0 Å². The lowest BCUT2D eigenvalue weighted by Gasteiger charge is -2.22. The maximum Gasteiger partial charge on any atom is 0.122 e. The first-order valence-corrected chi connectivity index (χ1v) is 8.14. The highest BCUT2D eigenvalue weighted by atomic mass is 32.2. The number of ether oxygens (including phenoxy) is 1. The van der Waals surface area contributed by atoms with Crippen molar-refractivity contribution in [1.82, 2.24) is 5.32 Å². The van der Waals surface area contributed by atoms with E-state index in [-0.39, 0.29) is 10.3 Å². The number of rotatable bonds is 5. The molecule has 1 aromatic carbocycles. The van der Waals surface area contributed by atoms with Crippen LogP contribution >= 0.6 is 11.8 Å². The topological polar surface area (TPSA) is 21.3 Å². The lowest BCUT2D eigenvalue weighted by molar-refractivity contribution is 0.409. The Balaban J connectivity index is 2.80. The van der Waals surface area contributed by atoms with E-state index in [1.165, 1.54) is 11.1 Å². The molecule has 0 fully saturated rings. The van der Waals surface area contributed by atoms with Gasteiger partial charge in [0.1, 0.15) is 5.75 Å². The van der Waals surface area contributed by atoms with Crippen LogP contribution in [0.15, 0.2) is 18.2 Å². The molecule has 0 radical (unpaired) electrons. The summed E-state index contributed by atoms with van der Waals surface area (Å²) in [7, 11) is 1.74. The average molecular weight is 295 g/mol. The smallest absolute Gasteiger partial charge is 0.122 e. The lowest BCUT2D eigenvalue weighted by Crippen LogP contribution is -2.35. The van der Waals surface area contributed by atoms with Gasteiger partial charge in [-0.25, -0.2) is 0 Å². The zero-order chi connectivity index (χ0) is 15.4. The fourth-order valence-corrected chi connectivity index (χ4v) is 2.53. The molecule has 0 saturated heterocycles. The Hall–Kier alpha value is -0.670. The van der Waals surface area contributed by atoms with Crippen molar-refractivity contribution in [3.8, 4) is 5.75 Å². The summed E-state index contributed by atoms with van der Waals surface area (Å²) in [6.45, 7) is 14.2. The summed E-state index contributed by atoms with van der Waals surface area (Å²) in [4.78, 5) is 0. The molecule has 0 aliphatic heterocycles. The summed E-state index contributed by atoms with van der Waals surface area (Å²) in [6, 6.07) is 6.48. The van der Waals surface area contributed by atoms with Gasteiger partial charge in [0, 0.05) is 28.1 Å². The first-order chi connectivity index (χ1) is 9.11. The first-order valence-electron chi connectivity index (χ1n) is 7.15. The fraction of sp³-hybridized carbons (Fsp3) is 0.647. The van der Waals surface area contributed by atoms with Crippen molar-refractivity contribution in [3.05, 3.63) is 29.3 Å². The quantitative estimate of drug-likeness (QED) is 0.856. The van der Waals surface area contributed by atoms with Gasteiger partial charge in [0.05, 0.1) is 7.11 Å². The van der Waals surface area contributed by atoms with Gasteiger partial charge < -0.3 is 10.1 Å². The van der Waals surface area contributed by atoms with Crippen LogP contribution in [0.2, 0.25) is 0 Å². The minimum absolute atomic E-state index is 0.139. The van der Waals surface area contributed by atoms with Crippen molar-refractivity contribution in [3.63, 3.8) is 0 Å². The highest BCUT2D eigenvalue weighted by Crippen LogP contribution is 2.31. The molecule has 0 aromatic heterocycles. The molecule has 114 valence electrons. The van der Waals surface area contributed by atoms with Crippen LogP contribution in [0.4, 0.5) is 0 Å². The third-order valence-electron chi connectivity index (χ3n) is 2.83. The van der Waals surface area contributed by atoms with Gasteiger partial charge in [-0.15, -0.1) is 0 Å². The van der Waals surface area contributed by atoms with Crippen molar-refractivity contribution in [1.29, 1.82) is 0 Å². The van der Waals surface area contributed by atoms with Gasteiger partial charge in [0.15, 0.2) is 0 Å². The molecule has 1 rings (SSSR count). The highest BCUT2D eigenvalue weighted by Gasteiger charge is 2.14. The van der Waals surface area contributed by atoms with E-state index in [2.05, 4.69) is 65.1 Å². The number of thioether (sulfide) groups is 1. The summed E-state index contributed by atoms with van der Waals surface area (Å²) in [5.74, 6) is 1.97. The molecule has 0 aliphatic carbocycles. The highest BCUT2D eigenvalue weighted by molar-refractivity contribution is 7.99. The van der Waals surface area contributed by atoms with Gasteiger partial charge in [-0.1, -0.05) is 26.8 Å². The molecular formula is C17H29NOS. The van der Waals surface area contributed by atoms with E-state index in [4.69, 9.17) is 4.74 Å². The van der Waals surface area contributed by atoms with Crippen LogP contribution in [0.1, 0.15) is 52.7 Å². The SMILES string of the molecule is COc1ccc(CNC(C)(C)C)cc1CSC(C)(C)C. The number of methoxy groups -OCH3 is 1. The zero-order valence-corrected chi connectivity index (χ0v) is 14.8. The number of hydrogen-bond acceptors (Lipinski definition) is 3. The number of hydrogen-bond donors (Lipinski definition) is 1. The van der Waals surface area contributed by atoms with Crippen LogP contribution in [0, 0.1) is 0 Å². The number of benzene rings is 1. The fourth-order valence-electron chi connectivity index (χ4n) is 1.72. The van der Waals surface area contributed by atoms with Gasteiger partial charge in [-0.05, 0) is 38.5 Å². The minimum Gasteiger partial charge on any atom is -0.496 e. The molecule has 20 heavy (non-hydrogen) atoms. The van der Waals surface area contributed by atoms with Gasteiger partial charge in [0.2, 0.25) is 0 Å². The van der Waals surface area contributed by atoms with Gasteiger partial charge >= 0.3 is 0 Å². The van der Waals surface area contributed by atoms with Crippen molar-refractivity contribution in [2.24, 2.45) is 0 Å². The van der Waals surface area contributed by atoms with Crippen LogP contribution in [0.25, 0.3) is 0 Å². The largest absolute Gasteiger partial charge is 0.496 e.